The van der Waals surface area contributed by atoms with E-state index in [-0.39, 0.29) is 41.8 Å². The maximum Gasteiger partial charge on any atom is 0.415 e. The first-order chi connectivity index (χ1) is 20.0. The van der Waals surface area contributed by atoms with Crippen molar-refractivity contribution in [3.63, 3.8) is 0 Å². The molecule has 0 radical (unpaired) electrons. The fraction of sp³-hybridized carbons (Fsp3) is 0.0625. The first-order valence-corrected chi connectivity index (χ1v) is 12.8. The van der Waals surface area contributed by atoms with E-state index in [1.165, 1.54) is 41.6 Å². The number of benzene rings is 3. The summed E-state index contributed by atoms with van der Waals surface area (Å²) < 4.78 is 40.6. The number of hydrogen-bond acceptors (Lipinski definition) is 6. The summed E-state index contributed by atoms with van der Waals surface area (Å²) in [6.07, 6.45) is 2.22. The topological polar surface area (TPSA) is 76.9 Å². The van der Waals surface area contributed by atoms with E-state index in [0.717, 1.165) is 11.1 Å². The average Bonchev–Trinajstić information content (AvgIpc) is 3.00. The first kappa shape index (κ1) is 25.8. The number of fused-ring (bicyclic) bond motifs is 1. The van der Waals surface area contributed by atoms with Crippen molar-refractivity contribution in [2.24, 2.45) is 4.99 Å². The summed E-state index contributed by atoms with van der Waals surface area (Å²) in [4.78, 5) is 26.9. The number of aromatic nitrogens is 2. The lowest BCUT2D eigenvalue weighted by Gasteiger charge is -2.28. The molecule has 1 aliphatic rings. The highest BCUT2D eigenvalue weighted by molar-refractivity contribution is 6.13. The number of rotatable bonds is 7. The predicted molar refractivity (Wildman–Crippen MR) is 148 cm³/mol. The standard InChI is InChI=1S/C32H22F2N4O3/c33-26-12-7-16-36-31(26)40-25-14-13-23-19-38(32(39)41-27(23)18-25)20-24-15-17-35-30(28(24)34)37-29(21-8-3-1-4-9-21)22-10-5-2-6-11-22/h1-18H,19-20H2. The molecule has 0 spiro atoms. The molecule has 2 aromatic heterocycles. The van der Waals surface area contributed by atoms with Crippen LogP contribution in [0.5, 0.6) is 17.4 Å². The van der Waals surface area contributed by atoms with Gasteiger partial charge in [-0.05, 0) is 30.3 Å². The van der Waals surface area contributed by atoms with Gasteiger partial charge in [0.25, 0.3) is 5.88 Å². The zero-order valence-corrected chi connectivity index (χ0v) is 21.6. The molecule has 9 heteroatoms. The second kappa shape index (κ2) is 11.4. The molecular formula is C32H22F2N4O3. The molecule has 0 saturated carbocycles. The van der Waals surface area contributed by atoms with Gasteiger partial charge in [-0.3, -0.25) is 4.90 Å². The predicted octanol–water partition coefficient (Wildman–Crippen LogP) is 7.23. The number of halogens is 2. The van der Waals surface area contributed by atoms with Crippen molar-refractivity contribution in [2.75, 3.05) is 0 Å². The third-order valence-corrected chi connectivity index (χ3v) is 6.42. The number of carbonyl (C=O) groups is 1. The summed E-state index contributed by atoms with van der Waals surface area (Å²) in [7, 11) is 0. The van der Waals surface area contributed by atoms with E-state index in [1.807, 2.05) is 60.7 Å². The minimum atomic E-state index is -0.658. The highest BCUT2D eigenvalue weighted by Crippen LogP contribution is 2.33. The van der Waals surface area contributed by atoms with Gasteiger partial charge in [0.05, 0.1) is 18.8 Å². The van der Waals surface area contributed by atoms with Crippen molar-refractivity contribution in [3.8, 4) is 17.4 Å². The number of pyridine rings is 2. The van der Waals surface area contributed by atoms with Gasteiger partial charge in [0.1, 0.15) is 11.5 Å². The highest BCUT2D eigenvalue weighted by Gasteiger charge is 2.27. The van der Waals surface area contributed by atoms with Gasteiger partial charge in [-0.2, -0.15) is 0 Å². The molecule has 202 valence electrons. The number of carbonyl (C=O) groups excluding carboxylic acids is 1. The van der Waals surface area contributed by atoms with Crippen LogP contribution >= 0.6 is 0 Å². The van der Waals surface area contributed by atoms with Gasteiger partial charge in [-0.15, -0.1) is 0 Å². The van der Waals surface area contributed by atoms with Crippen molar-refractivity contribution in [3.05, 3.63) is 143 Å². The Bertz CT molecular complexity index is 1710. The fourth-order valence-corrected chi connectivity index (χ4v) is 4.40. The Hall–Kier alpha value is -5.44. The monoisotopic (exact) mass is 548 g/mol. The normalized spacial score (nSPS) is 12.3. The Morgan fingerprint density at radius 3 is 2.32 bits per heavy atom. The number of amides is 1. The van der Waals surface area contributed by atoms with Crippen LogP contribution in [-0.4, -0.2) is 26.7 Å². The van der Waals surface area contributed by atoms with Crippen molar-refractivity contribution >= 4 is 17.6 Å². The fourth-order valence-electron chi connectivity index (χ4n) is 4.40. The first-order valence-electron chi connectivity index (χ1n) is 12.8. The molecule has 0 fully saturated rings. The van der Waals surface area contributed by atoms with E-state index < -0.39 is 17.7 Å². The molecule has 3 heterocycles. The third kappa shape index (κ3) is 5.65. The van der Waals surface area contributed by atoms with Crippen LogP contribution in [0.2, 0.25) is 0 Å². The van der Waals surface area contributed by atoms with Crippen LogP contribution in [0.3, 0.4) is 0 Å². The summed E-state index contributed by atoms with van der Waals surface area (Å²) in [6.45, 7) is 0.116. The third-order valence-electron chi connectivity index (χ3n) is 6.42. The lowest BCUT2D eigenvalue weighted by molar-refractivity contribution is 0.134. The molecule has 1 amide bonds. The summed E-state index contributed by atoms with van der Waals surface area (Å²) in [5, 5.41) is 0. The Morgan fingerprint density at radius 1 is 0.878 bits per heavy atom. The van der Waals surface area contributed by atoms with Crippen LogP contribution in [0.15, 0.2) is 114 Å². The van der Waals surface area contributed by atoms with Crippen molar-refractivity contribution in [1.29, 1.82) is 0 Å². The molecule has 3 aromatic carbocycles. The molecule has 0 atom stereocenters. The van der Waals surface area contributed by atoms with Gasteiger partial charge in [-0.1, -0.05) is 60.7 Å². The molecule has 1 aliphatic heterocycles. The summed E-state index contributed by atoms with van der Waals surface area (Å²) in [6, 6.07) is 28.0. The smallest absolute Gasteiger partial charge is 0.415 e. The van der Waals surface area contributed by atoms with Gasteiger partial charge in [0, 0.05) is 40.7 Å². The van der Waals surface area contributed by atoms with E-state index in [4.69, 9.17) is 9.47 Å². The Kier molecular flexibility index (Phi) is 7.15. The van der Waals surface area contributed by atoms with Crippen LogP contribution in [0.25, 0.3) is 0 Å². The van der Waals surface area contributed by atoms with Crippen LogP contribution in [0.1, 0.15) is 22.3 Å². The van der Waals surface area contributed by atoms with Crippen molar-refractivity contribution in [1.82, 2.24) is 14.9 Å². The van der Waals surface area contributed by atoms with Crippen LogP contribution in [0.4, 0.5) is 19.4 Å². The quantitative estimate of drug-likeness (QED) is 0.201. The number of ether oxygens (including phenoxy) is 2. The van der Waals surface area contributed by atoms with Gasteiger partial charge in [0.2, 0.25) is 0 Å². The van der Waals surface area contributed by atoms with Gasteiger partial charge >= 0.3 is 6.09 Å². The summed E-state index contributed by atoms with van der Waals surface area (Å²) in [5.74, 6) is -0.980. The Balaban J connectivity index is 1.24. The molecule has 0 N–H and O–H groups in total. The van der Waals surface area contributed by atoms with E-state index in [0.29, 0.717) is 11.3 Å². The zero-order chi connectivity index (χ0) is 28.2. The Morgan fingerprint density at radius 2 is 1.61 bits per heavy atom. The highest BCUT2D eigenvalue weighted by atomic mass is 19.1. The average molecular weight is 549 g/mol. The largest absolute Gasteiger partial charge is 0.436 e. The second-order valence-corrected chi connectivity index (χ2v) is 9.19. The SMILES string of the molecule is O=C1Oc2cc(Oc3ncccc3F)ccc2CN1Cc1ccnc(N=C(c2ccccc2)c2ccccc2)c1F. The van der Waals surface area contributed by atoms with Crippen molar-refractivity contribution < 1.29 is 23.0 Å². The molecule has 0 unspecified atom stereocenters. The molecule has 7 nitrogen and oxygen atoms in total. The van der Waals surface area contributed by atoms with E-state index in [9.17, 15) is 9.18 Å². The maximum atomic E-state index is 15.7. The lowest BCUT2D eigenvalue weighted by atomic mass is 10.0. The summed E-state index contributed by atoms with van der Waals surface area (Å²) >= 11 is 0. The molecule has 5 aromatic rings. The maximum absolute atomic E-state index is 15.7. The number of nitrogens with zero attached hydrogens (tertiary/aromatic N) is 4. The van der Waals surface area contributed by atoms with Gasteiger partial charge in [-0.25, -0.2) is 28.5 Å². The summed E-state index contributed by atoms with van der Waals surface area (Å²) in [5.41, 5.74) is 3.13. The Labute approximate surface area is 234 Å². The van der Waals surface area contributed by atoms with Crippen LogP contribution in [-0.2, 0) is 13.1 Å². The van der Waals surface area contributed by atoms with E-state index in [1.54, 1.807) is 12.1 Å². The minimum Gasteiger partial charge on any atom is -0.436 e. The van der Waals surface area contributed by atoms with E-state index in [2.05, 4.69) is 15.0 Å². The number of hydrogen-bond donors (Lipinski definition) is 0. The van der Waals surface area contributed by atoms with Crippen LogP contribution < -0.4 is 9.47 Å². The lowest BCUT2D eigenvalue weighted by Crippen LogP contribution is -2.36. The zero-order valence-electron chi connectivity index (χ0n) is 21.6. The molecule has 0 aliphatic carbocycles. The van der Waals surface area contributed by atoms with Gasteiger partial charge < -0.3 is 9.47 Å². The minimum absolute atomic E-state index is 0.0570. The molecule has 0 saturated heterocycles. The molecule has 0 bridgehead atoms. The van der Waals surface area contributed by atoms with E-state index >= 15 is 4.39 Å². The second-order valence-electron chi connectivity index (χ2n) is 9.19. The molecular weight excluding hydrogens is 526 g/mol. The number of aliphatic imine (C=N–C) groups is 1. The molecule has 6 rings (SSSR count). The van der Waals surface area contributed by atoms with Gasteiger partial charge in [0.15, 0.2) is 17.5 Å². The molecule has 41 heavy (non-hydrogen) atoms. The van der Waals surface area contributed by atoms with Crippen molar-refractivity contribution in [2.45, 2.75) is 13.1 Å². The van der Waals surface area contributed by atoms with Crippen LogP contribution in [0, 0.1) is 11.6 Å².